The lowest BCUT2D eigenvalue weighted by molar-refractivity contribution is 0.0206. The van der Waals surface area contributed by atoms with Crippen molar-refractivity contribution in [2.45, 2.75) is 45.3 Å². The highest BCUT2D eigenvalue weighted by atomic mass is 35.5. The SMILES string of the molecule is CC(C)(C)OC(=O)N1CCCC(Nc2ccnc(Cl)n2)C1. The topological polar surface area (TPSA) is 67.3 Å². The predicted octanol–water partition coefficient (Wildman–Crippen LogP) is 2.94. The van der Waals surface area contributed by atoms with E-state index in [0.717, 1.165) is 19.4 Å². The van der Waals surface area contributed by atoms with Crippen molar-refractivity contribution in [3.63, 3.8) is 0 Å². The quantitative estimate of drug-likeness (QED) is 0.850. The van der Waals surface area contributed by atoms with Crippen LogP contribution in [0.3, 0.4) is 0 Å². The van der Waals surface area contributed by atoms with Gasteiger partial charge in [0.05, 0.1) is 0 Å². The van der Waals surface area contributed by atoms with Gasteiger partial charge in [0.25, 0.3) is 0 Å². The van der Waals surface area contributed by atoms with Gasteiger partial charge in [-0.1, -0.05) is 0 Å². The number of nitrogens with one attached hydrogen (secondary N) is 1. The van der Waals surface area contributed by atoms with Crippen LogP contribution >= 0.6 is 11.6 Å². The number of ether oxygens (including phenoxy) is 1. The van der Waals surface area contributed by atoms with E-state index in [9.17, 15) is 4.79 Å². The van der Waals surface area contributed by atoms with Gasteiger partial charge in [-0.05, 0) is 51.3 Å². The van der Waals surface area contributed by atoms with Crippen molar-refractivity contribution in [3.8, 4) is 0 Å². The monoisotopic (exact) mass is 312 g/mol. The number of hydrogen-bond donors (Lipinski definition) is 1. The van der Waals surface area contributed by atoms with Crippen molar-refractivity contribution in [3.05, 3.63) is 17.5 Å². The molecule has 0 bridgehead atoms. The highest BCUT2D eigenvalue weighted by molar-refractivity contribution is 6.28. The zero-order valence-corrected chi connectivity index (χ0v) is 13.4. The van der Waals surface area contributed by atoms with Crippen molar-refractivity contribution in [1.29, 1.82) is 0 Å². The molecule has 1 aromatic heterocycles. The molecule has 2 rings (SSSR count). The number of piperidine rings is 1. The smallest absolute Gasteiger partial charge is 0.410 e. The van der Waals surface area contributed by atoms with Crippen molar-refractivity contribution >= 4 is 23.5 Å². The van der Waals surface area contributed by atoms with Crippen LogP contribution in [-0.2, 0) is 4.74 Å². The summed E-state index contributed by atoms with van der Waals surface area (Å²) in [6.45, 7) is 6.92. The lowest BCUT2D eigenvalue weighted by Crippen LogP contribution is -2.47. The molecule has 1 atom stereocenters. The molecule has 1 fully saturated rings. The molecule has 1 amide bonds. The second-order valence-corrected chi connectivity index (χ2v) is 6.46. The van der Waals surface area contributed by atoms with Crippen LogP contribution in [0.1, 0.15) is 33.6 Å². The third-order valence-corrected chi connectivity index (χ3v) is 3.23. The van der Waals surface area contributed by atoms with Gasteiger partial charge >= 0.3 is 6.09 Å². The summed E-state index contributed by atoms with van der Waals surface area (Å²) >= 11 is 5.77. The zero-order valence-electron chi connectivity index (χ0n) is 12.6. The Morgan fingerprint density at radius 2 is 2.29 bits per heavy atom. The van der Waals surface area contributed by atoms with E-state index >= 15 is 0 Å². The fourth-order valence-electron chi connectivity index (χ4n) is 2.21. The minimum absolute atomic E-state index is 0.136. The van der Waals surface area contributed by atoms with Crippen molar-refractivity contribution in [2.75, 3.05) is 18.4 Å². The number of carbonyl (C=O) groups excluding carboxylic acids is 1. The molecular weight excluding hydrogens is 292 g/mol. The average molecular weight is 313 g/mol. The molecule has 0 spiro atoms. The second kappa shape index (κ2) is 6.47. The molecule has 1 aliphatic rings. The minimum Gasteiger partial charge on any atom is -0.444 e. The summed E-state index contributed by atoms with van der Waals surface area (Å²) in [5, 5.41) is 3.49. The first-order chi connectivity index (χ1) is 9.83. The Morgan fingerprint density at radius 1 is 1.52 bits per heavy atom. The molecule has 7 heteroatoms. The van der Waals surface area contributed by atoms with Gasteiger partial charge in [-0.2, -0.15) is 0 Å². The number of nitrogens with zero attached hydrogens (tertiary/aromatic N) is 3. The number of carbonyl (C=O) groups is 1. The Bertz CT molecular complexity index is 504. The lowest BCUT2D eigenvalue weighted by atomic mass is 10.1. The molecule has 0 radical (unpaired) electrons. The Morgan fingerprint density at radius 3 is 2.95 bits per heavy atom. The van der Waals surface area contributed by atoms with Gasteiger partial charge in [0.15, 0.2) is 0 Å². The average Bonchev–Trinajstić information content (AvgIpc) is 2.37. The third-order valence-electron chi connectivity index (χ3n) is 3.05. The maximum absolute atomic E-state index is 12.1. The normalized spacial score (nSPS) is 19.2. The maximum Gasteiger partial charge on any atom is 0.410 e. The molecule has 0 aliphatic carbocycles. The van der Waals surface area contributed by atoms with E-state index in [1.165, 1.54) is 0 Å². The first-order valence-corrected chi connectivity index (χ1v) is 7.44. The van der Waals surface area contributed by atoms with Crippen LogP contribution < -0.4 is 5.32 Å². The Kier molecular flexibility index (Phi) is 4.88. The van der Waals surface area contributed by atoms with E-state index in [2.05, 4.69) is 15.3 Å². The molecule has 1 aromatic rings. The molecule has 6 nitrogen and oxygen atoms in total. The molecule has 0 saturated carbocycles. The number of halogens is 1. The van der Waals surface area contributed by atoms with E-state index in [1.54, 1.807) is 17.2 Å². The molecule has 0 aromatic carbocycles. The van der Waals surface area contributed by atoms with Crippen LogP contribution in [-0.4, -0.2) is 45.7 Å². The largest absolute Gasteiger partial charge is 0.444 e. The number of hydrogen-bond acceptors (Lipinski definition) is 5. The van der Waals surface area contributed by atoms with Crippen molar-refractivity contribution in [2.24, 2.45) is 0 Å². The molecule has 2 heterocycles. The highest BCUT2D eigenvalue weighted by Crippen LogP contribution is 2.18. The van der Waals surface area contributed by atoms with E-state index in [-0.39, 0.29) is 17.4 Å². The lowest BCUT2D eigenvalue weighted by Gasteiger charge is -2.34. The number of likely N-dealkylation sites (tertiary alicyclic amines) is 1. The maximum atomic E-state index is 12.1. The van der Waals surface area contributed by atoms with Crippen molar-refractivity contribution in [1.82, 2.24) is 14.9 Å². The number of aromatic nitrogens is 2. The van der Waals surface area contributed by atoms with Gasteiger partial charge < -0.3 is 15.0 Å². The van der Waals surface area contributed by atoms with E-state index in [1.807, 2.05) is 20.8 Å². The first-order valence-electron chi connectivity index (χ1n) is 7.06. The number of rotatable bonds is 2. The molecule has 1 N–H and O–H groups in total. The van der Waals surface area contributed by atoms with Crippen LogP contribution in [0.25, 0.3) is 0 Å². The van der Waals surface area contributed by atoms with Crippen LogP contribution in [0, 0.1) is 0 Å². The number of amides is 1. The van der Waals surface area contributed by atoms with Crippen LogP contribution in [0.5, 0.6) is 0 Å². The van der Waals surface area contributed by atoms with Gasteiger partial charge in [-0.25, -0.2) is 14.8 Å². The Balaban J connectivity index is 1.93. The summed E-state index contributed by atoms with van der Waals surface area (Å²) in [5.41, 5.74) is -0.475. The summed E-state index contributed by atoms with van der Waals surface area (Å²) in [5.74, 6) is 0.672. The summed E-state index contributed by atoms with van der Waals surface area (Å²) in [4.78, 5) is 21.8. The van der Waals surface area contributed by atoms with Gasteiger partial charge in [0, 0.05) is 25.3 Å². The van der Waals surface area contributed by atoms with Crippen LogP contribution in [0.4, 0.5) is 10.6 Å². The molecular formula is C14H21ClN4O2. The molecule has 1 saturated heterocycles. The molecule has 1 aliphatic heterocycles. The predicted molar refractivity (Wildman–Crippen MR) is 81.5 cm³/mol. The summed E-state index contributed by atoms with van der Waals surface area (Å²) in [7, 11) is 0. The zero-order chi connectivity index (χ0) is 15.5. The first kappa shape index (κ1) is 15.8. The van der Waals surface area contributed by atoms with Gasteiger partial charge in [0.1, 0.15) is 11.4 Å². The summed E-state index contributed by atoms with van der Waals surface area (Å²) < 4.78 is 5.41. The Hall–Kier alpha value is -1.56. The Labute approximate surface area is 129 Å². The summed E-state index contributed by atoms with van der Waals surface area (Å²) in [6, 6.07) is 1.90. The molecule has 1 unspecified atom stereocenters. The van der Waals surface area contributed by atoms with Gasteiger partial charge in [0.2, 0.25) is 5.28 Å². The third kappa shape index (κ3) is 5.04. The minimum atomic E-state index is -0.475. The fraction of sp³-hybridized carbons (Fsp3) is 0.643. The molecule has 21 heavy (non-hydrogen) atoms. The van der Waals surface area contributed by atoms with E-state index in [0.29, 0.717) is 12.4 Å². The summed E-state index contributed by atoms with van der Waals surface area (Å²) in [6.07, 6.45) is 3.23. The van der Waals surface area contributed by atoms with E-state index in [4.69, 9.17) is 16.3 Å². The van der Waals surface area contributed by atoms with Crippen molar-refractivity contribution < 1.29 is 9.53 Å². The van der Waals surface area contributed by atoms with Gasteiger partial charge in [-0.3, -0.25) is 0 Å². The van der Waals surface area contributed by atoms with Crippen LogP contribution in [0.2, 0.25) is 5.28 Å². The second-order valence-electron chi connectivity index (χ2n) is 6.12. The number of anilines is 1. The van der Waals surface area contributed by atoms with Crippen LogP contribution in [0.15, 0.2) is 12.3 Å². The fourth-order valence-corrected chi connectivity index (χ4v) is 2.36. The van der Waals surface area contributed by atoms with Gasteiger partial charge in [-0.15, -0.1) is 0 Å². The molecule has 116 valence electrons. The highest BCUT2D eigenvalue weighted by Gasteiger charge is 2.27. The van der Waals surface area contributed by atoms with E-state index < -0.39 is 5.60 Å². The standard InChI is InChI=1S/C14H21ClN4O2/c1-14(2,3)21-13(20)19-8-4-5-10(9-19)17-11-6-7-16-12(15)18-11/h6-7,10H,4-5,8-9H2,1-3H3,(H,16,17,18).